The lowest BCUT2D eigenvalue weighted by Gasteiger charge is -2.34. The first-order valence-corrected chi connectivity index (χ1v) is 10.1. The van der Waals surface area contributed by atoms with E-state index in [0.717, 1.165) is 40.7 Å². The van der Waals surface area contributed by atoms with Crippen molar-refractivity contribution >= 4 is 22.7 Å². The first-order valence-electron chi connectivity index (χ1n) is 9.25. The fraction of sp³-hybridized carbons (Fsp3) is 0.381. The molecule has 1 aromatic carbocycles. The minimum atomic E-state index is 0.541. The molecule has 5 heteroatoms. The SMILES string of the molecule is C=C1COc2cc(CC(=N)c3cccs3)ccc2N1CCN1CCCC1. The number of anilines is 1. The smallest absolute Gasteiger partial charge is 0.143 e. The number of likely N-dealkylation sites (tertiary alicyclic amines) is 1. The van der Waals surface area contributed by atoms with Gasteiger partial charge in [-0.25, -0.2) is 0 Å². The Labute approximate surface area is 159 Å². The summed E-state index contributed by atoms with van der Waals surface area (Å²) in [6.07, 6.45) is 3.27. The van der Waals surface area contributed by atoms with Crippen molar-refractivity contribution in [1.82, 2.24) is 4.90 Å². The molecular weight excluding hydrogens is 342 g/mol. The average Bonchev–Trinajstić information content (AvgIpc) is 3.35. The number of hydrogen-bond donors (Lipinski definition) is 1. The van der Waals surface area contributed by atoms with Crippen LogP contribution in [0.5, 0.6) is 5.75 Å². The number of ether oxygens (including phenoxy) is 1. The van der Waals surface area contributed by atoms with Gasteiger partial charge in [-0.2, -0.15) is 0 Å². The number of fused-ring (bicyclic) bond motifs is 1. The second-order valence-electron chi connectivity index (χ2n) is 6.99. The molecule has 0 aliphatic carbocycles. The van der Waals surface area contributed by atoms with E-state index in [1.54, 1.807) is 11.3 Å². The van der Waals surface area contributed by atoms with Gasteiger partial charge in [0.15, 0.2) is 0 Å². The molecule has 0 bridgehead atoms. The summed E-state index contributed by atoms with van der Waals surface area (Å²) >= 11 is 1.62. The predicted molar refractivity (Wildman–Crippen MR) is 109 cm³/mol. The van der Waals surface area contributed by atoms with Crippen molar-refractivity contribution in [2.45, 2.75) is 19.3 Å². The zero-order valence-electron chi connectivity index (χ0n) is 15.0. The van der Waals surface area contributed by atoms with E-state index >= 15 is 0 Å². The van der Waals surface area contributed by atoms with Crippen LogP contribution in [0, 0.1) is 5.41 Å². The van der Waals surface area contributed by atoms with Gasteiger partial charge in [0.1, 0.15) is 12.4 Å². The van der Waals surface area contributed by atoms with Crippen molar-refractivity contribution < 1.29 is 4.74 Å². The molecule has 4 rings (SSSR count). The van der Waals surface area contributed by atoms with Crippen LogP contribution in [0.2, 0.25) is 0 Å². The van der Waals surface area contributed by atoms with E-state index in [-0.39, 0.29) is 0 Å². The summed E-state index contributed by atoms with van der Waals surface area (Å²) in [4.78, 5) is 5.86. The van der Waals surface area contributed by atoms with Crippen LogP contribution in [0.4, 0.5) is 5.69 Å². The Bertz CT molecular complexity index is 794. The van der Waals surface area contributed by atoms with E-state index in [0.29, 0.717) is 18.7 Å². The Morgan fingerprint density at radius 3 is 2.81 bits per heavy atom. The zero-order chi connectivity index (χ0) is 17.9. The summed E-state index contributed by atoms with van der Waals surface area (Å²) < 4.78 is 5.93. The van der Waals surface area contributed by atoms with Crippen LogP contribution in [-0.4, -0.2) is 43.4 Å². The van der Waals surface area contributed by atoms with Crippen LogP contribution in [-0.2, 0) is 6.42 Å². The Balaban J connectivity index is 1.47. The molecule has 26 heavy (non-hydrogen) atoms. The molecule has 1 fully saturated rings. The molecule has 2 aromatic rings. The summed E-state index contributed by atoms with van der Waals surface area (Å²) in [5, 5.41) is 10.3. The maximum atomic E-state index is 8.30. The number of thiophene rings is 1. The first kappa shape index (κ1) is 17.3. The van der Waals surface area contributed by atoms with Crippen LogP contribution in [0.25, 0.3) is 0 Å². The highest BCUT2D eigenvalue weighted by Gasteiger charge is 2.23. The molecule has 1 aromatic heterocycles. The fourth-order valence-corrected chi connectivity index (χ4v) is 4.36. The van der Waals surface area contributed by atoms with E-state index < -0.39 is 0 Å². The van der Waals surface area contributed by atoms with Gasteiger partial charge in [-0.15, -0.1) is 11.3 Å². The third-order valence-electron chi connectivity index (χ3n) is 5.13. The number of rotatable bonds is 6. The van der Waals surface area contributed by atoms with Crippen molar-refractivity contribution in [3.8, 4) is 5.75 Å². The van der Waals surface area contributed by atoms with Gasteiger partial charge >= 0.3 is 0 Å². The van der Waals surface area contributed by atoms with Gasteiger partial charge in [0.25, 0.3) is 0 Å². The number of benzene rings is 1. The Hall–Kier alpha value is -2.11. The maximum Gasteiger partial charge on any atom is 0.143 e. The summed E-state index contributed by atoms with van der Waals surface area (Å²) in [6.45, 7) is 9.20. The molecular formula is C21H25N3OS. The Morgan fingerprint density at radius 2 is 2.04 bits per heavy atom. The van der Waals surface area contributed by atoms with Crippen molar-refractivity contribution in [1.29, 1.82) is 5.41 Å². The van der Waals surface area contributed by atoms with Gasteiger partial charge in [-0.1, -0.05) is 18.7 Å². The van der Waals surface area contributed by atoms with E-state index in [4.69, 9.17) is 10.1 Å². The highest BCUT2D eigenvalue weighted by molar-refractivity contribution is 7.12. The van der Waals surface area contributed by atoms with Crippen LogP contribution >= 0.6 is 11.3 Å². The Kier molecular flexibility index (Phi) is 5.09. The topological polar surface area (TPSA) is 39.6 Å². The largest absolute Gasteiger partial charge is 0.485 e. The molecule has 2 aliphatic rings. The van der Waals surface area contributed by atoms with Gasteiger partial charge in [0, 0.05) is 30.1 Å². The third kappa shape index (κ3) is 3.69. The molecule has 136 valence electrons. The van der Waals surface area contributed by atoms with Crippen molar-refractivity contribution in [3.63, 3.8) is 0 Å². The van der Waals surface area contributed by atoms with Crippen LogP contribution in [0.15, 0.2) is 48.0 Å². The number of nitrogens with zero attached hydrogens (tertiary/aromatic N) is 2. The Morgan fingerprint density at radius 1 is 1.19 bits per heavy atom. The van der Waals surface area contributed by atoms with E-state index in [9.17, 15) is 0 Å². The standard InChI is InChI=1S/C21H25N3OS/c1-16-15-25-20-14-17(13-18(22)21-5-4-12-26-21)6-7-19(20)24(16)11-10-23-8-2-3-9-23/h4-7,12,14,22H,1-3,8-11,13,15H2. The molecule has 0 saturated carbocycles. The molecule has 0 atom stereocenters. The highest BCUT2D eigenvalue weighted by atomic mass is 32.1. The van der Waals surface area contributed by atoms with Gasteiger partial charge in [-0.05, 0) is 55.1 Å². The van der Waals surface area contributed by atoms with Crippen molar-refractivity contribution in [2.24, 2.45) is 0 Å². The van der Waals surface area contributed by atoms with Gasteiger partial charge in [-0.3, -0.25) is 0 Å². The summed E-state index contributed by atoms with van der Waals surface area (Å²) in [5.74, 6) is 0.912. The second kappa shape index (κ2) is 7.64. The van der Waals surface area contributed by atoms with Gasteiger partial charge < -0.3 is 19.9 Å². The second-order valence-corrected chi connectivity index (χ2v) is 7.94. The van der Waals surface area contributed by atoms with Crippen LogP contribution in [0.1, 0.15) is 23.3 Å². The summed E-state index contributed by atoms with van der Waals surface area (Å²) in [5.41, 5.74) is 3.91. The average molecular weight is 368 g/mol. The van der Waals surface area contributed by atoms with Crippen LogP contribution in [0.3, 0.4) is 0 Å². The first-order chi connectivity index (χ1) is 12.7. The molecule has 3 heterocycles. The van der Waals surface area contributed by atoms with E-state index in [2.05, 4.69) is 34.6 Å². The third-order valence-corrected chi connectivity index (χ3v) is 6.06. The van der Waals surface area contributed by atoms with Crippen molar-refractivity contribution in [3.05, 3.63) is 58.4 Å². The molecule has 4 nitrogen and oxygen atoms in total. The summed E-state index contributed by atoms with van der Waals surface area (Å²) in [7, 11) is 0. The normalized spacial score (nSPS) is 17.2. The minimum Gasteiger partial charge on any atom is -0.485 e. The molecule has 0 unspecified atom stereocenters. The molecule has 1 saturated heterocycles. The lowest BCUT2D eigenvalue weighted by Crippen LogP contribution is -2.36. The quantitative estimate of drug-likeness (QED) is 0.779. The van der Waals surface area contributed by atoms with Gasteiger partial charge in [0.2, 0.25) is 0 Å². The van der Waals surface area contributed by atoms with Crippen LogP contribution < -0.4 is 9.64 Å². The lowest BCUT2D eigenvalue weighted by atomic mass is 10.1. The van der Waals surface area contributed by atoms with Gasteiger partial charge in [0.05, 0.1) is 11.4 Å². The molecule has 0 spiro atoms. The predicted octanol–water partition coefficient (Wildman–Crippen LogP) is 4.17. The zero-order valence-corrected chi connectivity index (χ0v) is 15.9. The highest BCUT2D eigenvalue weighted by Crippen LogP contribution is 2.36. The van der Waals surface area contributed by atoms with E-state index in [1.807, 2.05) is 17.5 Å². The number of hydrogen-bond acceptors (Lipinski definition) is 5. The number of nitrogens with one attached hydrogen (secondary N) is 1. The molecule has 2 aliphatic heterocycles. The molecule has 0 radical (unpaired) electrons. The molecule has 1 N–H and O–H groups in total. The minimum absolute atomic E-state index is 0.541. The van der Waals surface area contributed by atoms with Crippen molar-refractivity contribution in [2.75, 3.05) is 37.7 Å². The lowest BCUT2D eigenvalue weighted by molar-refractivity contribution is 0.320. The summed E-state index contributed by atoms with van der Waals surface area (Å²) in [6, 6.07) is 10.3. The monoisotopic (exact) mass is 367 g/mol. The fourth-order valence-electron chi connectivity index (χ4n) is 3.68. The molecule has 0 amide bonds. The van der Waals surface area contributed by atoms with E-state index in [1.165, 1.54) is 25.9 Å². The maximum absolute atomic E-state index is 8.30.